The molecule has 5 rings (SSSR count). The predicted molar refractivity (Wildman–Crippen MR) is 126 cm³/mol. The fourth-order valence-corrected chi connectivity index (χ4v) is 5.08. The van der Waals surface area contributed by atoms with Crippen molar-refractivity contribution >= 4 is 33.2 Å². The number of nitrogens with zero attached hydrogens (tertiary/aromatic N) is 2. The van der Waals surface area contributed by atoms with Crippen molar-refractivity contribution in [3.05, 3.63) is 70.5 Å². The van der Waals surface area contributed by atoms with Crippen molar-refractivity contribution in [2.75, 3.05) is 5.43 Å². The fourth-order valence-electron chi connectivity index (χ4n) is 3.60. The van der Waals surface area contributed by atoms with Gasteiger partial charge in [-0.3, -0.25) is 15.6 Å². The van der Waals surface area contributed by atoms with Gasteiger partial charge in [-0.1, -0.05) is 17.7 Å². The minimum atomic E-state index is -3.51. The summed E-state index contributed by atoms with van der Waals surface area (Å²) < 4.78 is 29.0. The summed E-state index contributed by atoms with van der Waals surface area (Å²) in [6.07, 6.45) is 5.33. The van der Waals surface area contributed by atoms with Gasteiger partial charge in [0.1, 0.15) is 0 Å². The monoisotopic (exact) mass is 485 g/mol. The highest BCUT2D eigenvalue weighted by Gasteiger charge is 2.33. The zero-order valence-corrected chi connectivity index (χ0v) is 19.6. The predicted octanol–water partition coefficient (Wildman–Crippen LogP) is 3.91. The second kappa shape index (κ2) is 8.48. The molecule has 8 nitrogen and oxygen atoms in total. The molecule has 172 valence electrons. The minimum Gasteiger partial charge on any atom is -0.298 e. The van der Waals surface area contributed by atoms with Crippen molar-refractivity contribution in [3.8, 4) is 5.69 Å². The third-order valence-electron chi connectivity index (χ3n) is 5.80. The molecule has 0 atom stereocenters. The summed E-state index contributed by atoms with van der Waals surface area (Å²) in [5.74, 6) is -0.0368. The van der Waals surface area contributed by atoms with Gasteiger partial charge < -0.3 is 0 Å². The average molecular weight is 486 g/mol. The lowest BCUT2D eigenvalue weighted by Gasteiger charge is -2.12. The van der Waals surface area contributed by atoms with Crippen LogP contribution < -0.4 is 15.6 Å². The maximum Gasteiger partial charge on any atom is 0.273 e. The number of amides is 1. The van der Waals surface area contributed by atoms with Gasteiger partial charge >= 0.3 is 0 Å². The van der Waals surface area contributed by atoms with Gasteiger partial charge in [0, 0.05) is 17.0 Å². The third kappa shape index (κ3) is 4.75. The minimum absolute atomic E-state index is 0.0459. The van der Waals surface area contributed by atoms with Crippen LogP contribution in [0.25, 0.3) is 5.69 Å². The molecule has 0 radical (unpaired) electrons. The van der Waals surface area contributed by atoms with Gasteiger partial charge in [-0.25, -0.2) is 17.8 Å². The van der Waals surface area contributed by atoms with Crippen molar-refractivity contribution in [2.45, 2.75) is 49.5 Å². The summed E-state index contributed by atoms with van der Waals surface area (Å²) in [6, 6.07) is 12.0. The maximum absolute atomic E-state index is 12.9. The molecule has 3 N–H and O–H groups in total. The van der Waals surface area contributed by atoms with Gasteiger partial charge in [-0.05, 0) is 74.6 Å². The summed E-state index contributed by atoms with van der Waals surface area (Å²) >= 11 is 6.29. The number of anilines is 1. The number of nitrogens with one attached hydrogen (secondary N) is 3. The standard InChI is InChI=1S/C23H24ClN5O3S/c1-14-2-9-18(12-21(14)24)29-22(15-3-4-15)20(13-25-29)23(30)27-26-16-7-10-19(11-8-16)33(31,32)28-17-5-6-17/h2,7-13,15,17,26,28H,3-6H2,1H3,(H,27,30). The van der Waals surface area contributed by atoms with E-state index in [1.165, 1.54) is 12.1 Å². The number of sulfonamides is 1. The number of rotatable bonds is 8. The lowest BCUT2D eigenvalue weighted by atomic mass is 10.1. The van der Waals surface area contributed by atoms with Crippen LogP contribution in [0.1, 0.15) is 53.2 Å². The molecular weight excluding hydrogens is 462 g/mol. The second-order valence-electron chi connectivity index (χ2n) is 8.56. The zero-order valence-electron chi connectivity index (χ0n) is 18.0. The van der Waals surface area contributed by atoms with E-state index in [1.807, 2.05) is 25.1 Å². The maximum atomic E-state index is 12.9. The fraction of sp³-hybridized carbons (Fsp3) is 0.304. The van der Waals surface area contributed by atoms with Gasteiger partial charge in [0.05, 0.1) is 33.7 Å². The van der Waals surface area contributed by atoms with Gasteiger partial charge in [0.15, 0.2) is 0 Å². The Kier molecular flexibility index (Phi) is 5.64. The molecule has 33 heavy (non-hydrogen) atoms. The normalized spacial score (nSPS) is 15.9. The first-order valence-electron chi connectivity index (χ1n) is 10.8. The zero-order chi connectivity index (χ0) is 23.2. The average Bonchev–Trinajstić information content (AvgIpc) is 3.74. The highest BCUT2D eigenvalue weighted by Crippen LogP contribution is 2.42. The molecule has 1 amide bonds. The second-order valence-corrected chi connectivity index (χ2v) is 10.7. The van der Waals surface area contributed by atoms with Gasteiger partial charge in [0.2, 0.25) is 10.0 Å². The van der Waals surface area contributed by atoms with Crippen LogP contribution in [0.15, 0.2) is 53.6 Å². The summed E-state index contributed by atoms with van der Waals surface area (Å²) in [7, 11) is -3.51. The molecule has 0 unspecified atom stereocenters. The van der Waals surface area contributed by atoms with E-state index < -0.39 is 10.0 Å². The molecular formula is C23H24ClN5O3S. The Balaban J connectivity index is 1.30. The van der Waals surface area contributed by atoms with Crippen LogP contribution in [0.5, 0.6) is 0 Å². The quantitative estimate of drug-likeness (QED) is 0.419. The molecule has 0 spiro atoms. The highest BCUT2D eigenvalue weighted by atomic mass is 35.5. The van der Waals surface area contributed by atoms with Crippen LogP contribution >= 0.6 is 11.6 Å². The van der Waals surface area contributed by atoms with Crippen LogP contribution in [0.2, 0.25) is 5.02 Å². The molecule has 3 aromatic rings. The lowest BCUT2D eigenvalue weighted by Crippen LogP contribution is -2.30. The van der Waals surface area contributed by atoms with Crippen LogP contribution in [-0.4, -0.2) is 30.1 Å². The number of aromatic nitrogens is 2. The van der Waals surface area contributed by atoms with E-state index in [4.69, 9.17) is 11.6 Å². The number of hydrogen-bond donors (Lipinski definition) is 3. The molecule has 0 bridgehead atoms. The first kappa shape index (κ1) is 21.9. The van der Waals surface area contributed by atoms with Crippen molar-refractivity contribution in [1.29, 1.82) is 0 Å². The van der Waals surface area contributed by atoms with E-state index in [-0.39, 0.29) is 22.8 Å². The van der Waals surface area contributed by atoms with Gasteiger partial charge in [0.25, 0.3) is 5.91 Å². The third-order valence-corrected chi connectivity index (χ3v) is 7.74. The first-order chi connectivity index (χ1) is 15.8. The lowest BCUT2D eigenvalue weighted by molar-refractivity contribution is 0.0961. The van der Waals surface area contributed by atoms with Crippen LogP contribution in [0.4, 0.5) is 5.69 Å². The van der Waals surface area contributed by atoms with E-state index in [1.54, 1.807) is 23.0 Å². The van der Waals surface area contributed by atoms with Crippen molar-refractivity contribution in [2.24, 2.45) is 0 Å². The Morgan fingerprint density at radius 3 is 2.45 bits per heavy atom. The molecule has 1 aromatic heterocycles. The highest BCUT2D eigenvalue weighted by molar-refractivity contribution is 7.89. The molecule has 0 saturated heterocycles. The Morgan fingerprint density at radius 2 is 1.82 bits per heavy atom. The number of aryl methyl sites for hydroxylation is 1. The molecule has 10 heteroatoms. The SMILES string of the molecule is Cc1ccc(-n2ncc(C(=O)NNc3ccc(S(=O)(=O)NC4CC4)cc3)c2C2CC2)cc1Cl. The molecule has 2 aliphatic carbocycles. The summed E-state index contributed by atoms with van der Waals surface area (Å²) in [6.45, 7) is 1.94. The summed E-state index contributed by atoms with van der Waals surface area (Å²) in [5, 5.41) is 5.11. The molecule has 2 fully saturated rings. The molecule has 2 aromatic carbocycles. The van der Waals surface area contributed by atoms with Crippen LogP contribution in [0, 0.1) is 6.92 Å². The van der Waals surface area contributed by atoms with Crippen LogP contribution in [-0.2, 0) is 10.0 Å². The number of halogens is 1. The topological polar surface area (TPSA) is 105 Å². The van der Waals surface area contributed by atoms with E-state index >= 15 is 0 Å². The Bertz CT molecular complexity index is 1310. The number of hydrazine groups is 1. The molecule has 2 aliphatic rings. The number of hydrogen-bond acceptors (Lipinski definition) is 5. The first-order valence-corrected chi connectivity index (χ1v) is 12.7. The Hall–Kier alpha value is -2.88. The Labute approximate surface area is 197 Å². The number of carbonyl (C=O) groups is 1. The molecule has 2 saturated carbocycles. The molecule has 1 heterocycles. The summed E-state index contributed by atoms with van der Waals surface area (Å²) in [4.78, 5) is 13.1. The van der Waals surface area contributed by atoms with Crippen LogP contribution in [0.3, 0.4) is 0 Å². The van der Waals surface area contributed by atoms with Gasteiger partial charge in [-0.2, -0.15) is 5.10 Å². The van der Waals surface area contributed by atoms with Crippen molar-refractivity contribution < 1.29 is 13.2 Å². The van der Waals surface area contributed by atoms with Crippen molar-refractivity contribution in [3.63, 3.8) is 0 Å². The summed E-state index contributed by atoms with van der Waals surface area (Å²) in [5.41, 5.74) is 9.26. The van der Waals surface area contributed by atoms with E-state index in [0.717, 1.165) is 42.6 Å². The number of carbonyl (C=O) groups excluding carboxylic acids is 1. The Morgan fingerprint density at radius 1 is 1.09 bits per heavy atom. The van der Waals surface area contributed by atoms with Crippen molar-refractivity contribution in [1.82, 2.24) is 19.9 Å². The largest absolute Gasteiger partial charge is 0.298 e. The molecule has 0 aliphatic heterocycles. The smallest absolute Gasteiger partial charge is 0.273 e. The van der Waals surface area contributed by atoms with E-state index in [0.29, 0.717) is 16.3 Å². The van der Waals surface area contributed by atoms with E-state index in [2.05, 4.69) is 20.7 Å². The number of benzene rings is 2. The van der Waals surface area contributed by atoms with E-state index in [9.17, 15) is 13.2 Å². The van der Waals surface area contributed by atoms with Gasteiger partial charge in [-0.15, -0.1) is 0 Å².